The van der Waals surface area contributed by atoms with Crippen molar-refractivity contribution in [2.24, 2.45) is 0 Å². The zero-order valence-corrected chi connectivity index (χ0v) is 16.6. The Labute approximate surface area is 160 Å². The van der Waals surface area contributed by atoms with E-state index >= 15 is 0 Å². The first-order valence-corrected chi connectivity index (χ1v) is 10.5. The zero-order valence-electron chi connectivity index (χ0n) is 15.8. The summed E-state index contributed by atoms with van der Waals surface area (Å²) in [5, 5.41) is 2.86. The second-order valence-electron chi connectivity index (χ2n) is 6.75. The molecule has 144 valence electrons. The molecule has 6 nitrogen and oxygen atoms in total. The van der Waals surface area contributed by atoms with Crippen molar-refractivity contribution < 1.29 is 17.9 Å². The first kappa shape index (κ1) is 19.2. The zero-order chi connectivity index (χ0) is 19.6. The molecule has 0 aliphatic carbocycles. The van der Waals surface area contributed by atoms with Crippen molar-refractivity contribution >= 4 is 27.3 Å². The lowest BCUT2D eigenvalue weighted by molar-refractivity contribution is 0.102. The van der Waals surface area contributed by atoms with Crippen molar-refractivity contribution in [2.45, 2.75) is 26.7 Å². The van der Waals surface area contributed by atoms with Gasteiger partial charge in [0.05, 0.1) is 24.2 Å². The van der Waals surface area contributed by atoms with Crippen molar-refractivity contribution in [2.75, 3.05) is 29.0 Å². The minimum atomic E-state index is -3.34. The molecule has 1 amide bonds. The molecule has 0 bridgehead atoms. The number of rotatable bonds is 4. The third-order valence-electron chi connectivity index (χ3n) is 4.69. The predicted molar refractivity (Wildman–Crippen MR) is 107 cm³/mol. The summed E-state index contributed by atoms with van der Waals surface area (Å²) < 4.78 is 31.6. The van der Waals surface area contributed by atoms with Gasteiger partial charge in [0.2, 0.25) is 10.0 Å². The Balaban J connectivity index is 1.92. The molecule has 3 rings (SSSR count). The number of benzene rings is 2. The molecular weight excluding hydrogens is 364 g/mol. The van der Waals surface area contributed by atoms with E-state index in [1.165, 1.54) is 4.31 Å². The van der Waals surface area contributed by atoms with Crippen LogP contribution in [0.4, 0.5) is 11.4 Å². The molecule has 27 heavy (non-hydrogen) atoms. The molecule has 0 radical (unpaired) electrons. The molecule has 7 heteroatoms. The SMILES string of the molecule is COc1ccc(C)cc1NC(=O)c1ccc(C)c(N2CCCCS2(=O)=O)c1. The quantitative estimate of drug-likeness (QED) is 0.870. The van der Waals surface area contributed by atoms with Crippen LogP contribution in [0, 0.1) is 13.8 Å². The van der Waals surface area contributed by atoms with Crippen LogP contribution in [0.5, 0.6) is 5.75 Å². The van der Waals surface area contributed by atoms with Crippen molar-refractivity contribution in [3.63, 3.8) is 0 Å². The van der Waals surface area contributed by atoms with E-state index in [0.29, 0.717) is 35.7 Å². The maximum Gasteiger partial charge on any atom is 0.255 e. The van der Waals surface area contributed by atoms with Crippen LogP contribution in [0.1, 0.15) is 34.3 Å². The lowest BCUT2D eigenvalue weighted by Crippen LogP contribution is -2.38. The highest BCUT2D eigenvalue weighted by Crippen LogP contribution is 2.29. The second-order valence-corrected chi connectivity index (χ2v) is 8.77. The highest BCUT2D eigenvalue weighted by atomic mass is 32.2. The third-order valence-corrected chi connectivity index (χ3v) is 6.55. The highest BCUT2D eigenvalue weighted by Gasteiger charge is 2.27. The summed E-state index contributed by atoms with van der Waals surface area (Å²) in [4.78, 5) is 12.8. The van der Waals surface area contributed by atoms with Gasteiger partial charge in [-0.2, -0.15) is 0 Å². The van der Waals surface area contributed by atoms with Crippen LogP contribution < -0.4 is 14.4 Å². The van der Waals surface area contributed by atoms with Crippen molar-refractivity contribution in [1.82, 2.24) is 0 Å². The molecule has 1 N–H and O–H groups in total. The number of aryl methyl sites for hydroxylation is 2. The van der Waals surface area contributed by atoms with E-state index in [1.807, 2.05) is 26.0 Å². The topological polar surface area (TPSA) is 75.7 Å². The summed E-state index contributed by atoms with van der Waals surface area (Å²) in [6, 6.07) is 10.7. The van der Waals surface area contributed by atoms with E-state index in [0.717, 1.165) is 17.5 Å². The average Bonchev–Trinajstić information content (AvgIpc) is 2.62. The summed E-state index contributed by atoms with van der Waals surface area (Å²) in [6.07, 6.45) is 1.49. The van der Waals surface area contributed by atoms with Gasteiger partial charge in [0.25, 0.3) is 5.91 Å². The molecule has 0 spiro atoms. The van der Waals surface area contributed by atoms with Crippen LogP contribution in [0.3, 0.4) is 0 Å². The summed E-state index contributed by atoms with van der Waals surface area (Å²) in [7, 11) is -1.79. The van der Waals surface area contributed by atoms with E-state index < -0.39 is 10.0 Å². The largest absolute Gasteiger partial charge is 0.495 e. The number of hydrogen-bond donors (Lipinski definition) is 1. The molecule has 1 heterocycles. The van der Waals surface area contributed by atoms with Gasteiger partial charge in [-0.15, -0.1) is 0 Å². The Bertz CT molecular complexity index is 970. The van der Waals surface area contributed by atoms with Gasteiger partial charge in [0.15, 0.2) is 0 Å². The van der Waals surface area contributed by atoms with E-state index in [2.05, 4.69) is 5.32 Å². The van der Waals surface area contributed by atoms with Gasteiger partial charge in [-0.3, -0.25) is 9.10 Å². The molecule has 0 unspecified atom stereocenters. The van der Waals surface area contributed by atoms with E-state index in [4.69, 9.17) is 4.74 Å². The van der Waals surface area contributed by atoms with Crippen LogP contribution in [0.15, 0.2) is 36.4 Å². The van der Waals surface area contributed by atoms with Gasteiger partial charge < -0.3 is 10.1 Å². The van der Waals surface area contributed by atoms with E-state index in [-0.39, 0.29) is 11.7 Å². The summed E-state index contributed by atoms with van der Waals surface area (Å²) >= 11 is 0. The molecule has 0 aromatic heterocycles. The van der Waals surface area contributed by atoms with E-state index in [9.17, 15) is 13.2 Å². The summed E-state index contributed by atoms with van der Waals surface area (Å²) in [5.74, 6) is 0.401. The molecule has 2 aromatic carbocycles. The number of carbonyl (C=O) groups excluding carboxylic acids is 1. The van der Waals surface area contributed by atoms with Crippen LogP contribution in [-0.2, 0) is 10.0 Å². The first-order chi connectivity index (χ1) is 12.8. The monoisotopic (exact) mass is 388 g/mol. The molecule has 2 aromatic rings. The molecule has 1 saturated heterocycles. The van der Waals surface area contributed by atoms with Gasteiger partial charge in [0, 0.05) is 12.1 Å². The number of carbonyl (C=O) groups is 1. The van der Waals surface area contributed by atoms with Gasteiger partial charge in [-0.1, -0.05) is 12.1 Å². The first-order valence-electron chi connectivity index (χ1n) is 8.89. The predicted octanol–water partition coefficient (Wildman–Crippen LogP) is 3.49. The fourth-order valence-corrected chi connectivity index (χ4v) is 4.89. The minimum Gasteiger partial charge on any atom is -0.495 e. The molecule has 1 fully saturated rings. The summed E-state index contributed by atoms with van der Waals surface area (Å²) in [6.45, 7) is 4.23. The smallest absolute Gasteiger partial charge is 0.255 e. The van der Waals surface area contributed by atoms with Crippen LogP contribution >= 0.6 is 0 Å². The number of ether oxygens (including phenoxy) is 1. The maximum absolute atomic E-state index is 12.8. The fourth-order valence-electron chi connectivity index (χ4n) is 3.19. The summed E-state index contributed by atoms with van der Waals surface area (Å²) in [5.41, 5.74) is 3.37. The Hall–Kier alpha value is -2.54. The fraction of sp³-hybridized carbons (Fsp3) is 0.350. The van der Waals surface area contributed by atoms with Crippen LogP contribution in [-0.4, -0.2) is 33.7 Å². The number of amides is 1. The van der Waals surface area contributed by atoms with Gasteiger partial charge in [-0.25, -0.2) is 8.42 Å². The van der Waals surface area contributed by atoms with Crippen LogP contribution in [0.25, 0.3) is 0 Å². The minimum absolute atomic E-state index is 0.142. The third kappa shape index (κ3) is 4.08. The molecule has 0 atom stereocenters. The Morgan fingerprint density at radius 3 is 2.59 bits per heavy atom. The number of anilines is 2. The molecule has 1 aliphatic heterocycles. The number of nitrogens with zero attached hydrogens (tertiary/aromatic N) is 1. The van der Waals surface area contributed by atoms with E-state index in [1.54, 1.807) is 31.4 Å². The Morgan fingerprint density at radius 1 is 1.11 bits per heavy atom. The average molecular weight is 388 g/mol. The Morgan fingerprint density at radius 2 is 1.89 bits per heavy atom. The number of methoxy groups -OCH3 is 1. The van der Waals surface area contributed by atoms with Gasteiger partial charge in [0.1, 0.15) is 5.75 Å². The lowest BCUT2D eigenvalue weighted by Gasteiger charge is -2.29. The normalized spacial score (nSPS) is 16.0. The van der Waals surface area contributed by atoms with Crippen molar-refractivity contribution in [1.29, 1.82) is 0 Å². The maximum atomic E-state index is 12.8. The standard InChI is InChI=1S/C20H24N2O4S/c1-14-6-9-19(26-3)17(12-14)21-20(23)16-8-7-15(2)18(13-16)22-10-4-5-11-27(22,24)25/h6-9,12-13H,4-5,10-11H2,1-3H3,(H,21,23). The number of nitrogens with one attached hydrogen (secondary N) is 1. The molecule has 1 aliphatic rings. The van der Waals surface area contributed by atoms with Crippen molar-refractivity contribution in [3.8, 4) is 5.75 Å². The molecule has 0 saturated carbocycles. The number of sulfonamides is 1. The second kappa shape index (κ2) is 7.60. The number of hydrogen-bond acceptors (Lipinski definition) is 4. The van der Waals surface area contributed by atoms with Crippen molar-refractivity contribution in [3.05, 3.63) is 53.1 Å². The van der Waals surface area contributed by atoms with Gasteiger partial charge >= 0.3 is 0 Å². The van der Waals surface area contributed by atoms with Gasteiger partial charge in [-0.05, 0) is 62.1 Å². The lowest BCUT2D eigenvalue weighted by atomic mass is 10.1. The Kier molecular flexibility index (Phi) is 5.41. The highest BCUT2D eigenvalue weighted by molar-refractivity contribution is 7.92. The molecular formula is C20H24N2O4S. The van der Waals surface area contributed by atoms with Crippen LogP contribution in [0.2, 0.25) is 0 Å².